The highest BCUT2D eigenvalue weighted by Gasteiger charge is 2.08. The van der Waals surface area contributed by atoms with Crippen LogP contribution in [0.2, 0.25) is 0 Å². The highest BCUT2D eigenvalue weighted by molar-refractivity contribution is 5.52. The van der Waals surface area contributed by atoms with Crippen molar-refractivity contribution in [3.8, 4) is 0 Å². The van der Waals surface area contributed by atoms with E-state index in [1.54, 1.807) is 6.20 Å². The molecule has 1 aromatic rings. The number of ether oxygens (including phenoxy) is 1. The molecule has 0 aromatic carbocycles. The molecule has 0 aliphatic heterocycles. The maximum Gasteiger partial charge on any atom is 0.131 e. The zero-order valence-corrected chi connectivity index (χ0v) is 10.4. The van der Waals surface area contributed by atoms with Gasteiger partial charge in [-0.15, -0.1) is 0 Å². The van der Waals surface area contributed by atoms with E-state index in [-0.39, 0.29) is 0 Å². The summed E-state index contributed by atoms with van der Waals surface area (Å²) in [6.07, 6.45) is 1.70. The van der Waals surface area contributed by atoms with Crippen LogP contribution < -0.4 is 10.6 Å². The Labute approximate surface area is 97.4 Å². The molecule has 1 heterocycles. The van der Waals surface area contributed by atoms with Gasteiger partial charge in [0.25, 0.3) is 0 Å². The molecule has 0 aliphatic rings. The molecule has 0 saturated carbocycles. The number of anilines is 2. The van der Waals surface area contributed by atoms with Crippen molar-refractivity contribution in [1.82, 2.24) is 4.98 Å². The predicted octanol–water partition coefficient (Wildman–Crippen LogP) is 1.84. The fraction of sp³-hybridized carbons (Fsp3) is 0.583. The zero-order chi connectivity index (χ0) is 12.0. The first-order valence-corrected chi connectivity index (χ1v) is 5.73. The Hall–Kier alpha value is -1.29. The summed E-state index contributed by atoms with van der Waals surface area (Å²) in [7, 11) is 0. The molecule has 1 aromatic heterocycles. The minimum absolute atomic E-state index is 0.710. The van der Waals surface area contributed by atoms with Crippen LogP contribution in [0.4, 0.5) is 11.5 Å². The fourth-order valence-electron chi connectivity index (χ4n) is 1.65. The van der Waals surface area contributed by atoms with Crippen LogP contribution in [0.1, 0.15) is 19.4 Å². The standard InChI is InChI=1S/C12H21N3O/c1-4-15(6-7-16-5-2)12-10(3)8-11(13)9-14-12/h8-9H,4-7,13H2,1-3H3. The molecule has 2 N–H and O–H groups in total. The summed E-state index contributed by atoms with van der Waals surface area (Å²) in [4.78, 5) is 6.57. The smallest absolute Gasteiger partial charge is 0.131 e. The lowest BCUT2D eigenvalue weighted by Gasteiger charge is -2.23. The van der Waals surface area contributed by atoms with E-state index in [9.17, 15) is 0 Å². The fourth-order valence-corrected chi connectivity index (χ4v) is 1.65. The number of rotatable bonds is 6. The third-order valence-corrected chi connectivity index (χ3v) is 2.46. The number of nitrogens with zero attached hydrogens (tertiary/aromatic N) is 2. The first-order chi connectivity index (χ1) is 7.69. The summed E-state index contributed by atoms with van der Waals surface area (Å²) < 4.78 is 5.36. The Kier molecular flexibility index (Phi) is 5.05. The van der Waals surface area contributed by atoms with Crippen molar-refractivity contribution in [1.29, 1.82) is 0 Å². The van der Waals surface area contributed by atoms with E-state index in [0.29, 0.717) is 5.69 Å². The maximum atomic E-state index is 5.69. The van der Waals surface area contributed by atoms with Crippen molar-refractivity contribution in [3.05, 3.63) is 17.8 Å². The van der Waals surface area contributed by atoms with Crippen molar-refractivity contribution >= 4 is 11.5 Å². The van der Waals surface area contributed by atoms with Crippen LogP contribution >= 0.6 is 0 Å². The number of aromatic nitrogens is 1. The number of nitrogens with two attached hydrogens (primary N) is 1. The maximum absolute atomic E-state index is 5.69. The average Bonchev–Trinajstić information content (AvgIpc) is 2.26. The molecule has 0 radical (unpaired) electrons. The molecule has 0 unspecified atom stereocenters. The van der Waals surface area contributed by atoms with Gasteiger partial charge >= 0.3 is 0 Å². The second-order valence-corrected chi connectivity index (χ2v) is 3.69. The van der Waals surface area contributed by atoms with E-state index in [1.807, 2.05) is 19.9 Å². The van der Waals surface area contributed by atoms with Gasteiger partial charge in [0.15, 0.2) is 0 Å². The summed E-state index contributed by atoms with van der Waals surface area (Å²) in [6, 6.07) is 1.95. The monoisotopic (exact) mass is 223 g/mol. The molecule has 0 amide bonds. The van der Waals surface area contributed by atoms with E-state index in [0.717, 1.165) is 37.7 Å². The second kappa shape index (κ2) is 6.33. The lowest BCUT2D eigenvalue weighted by atomic mass is 10.2. The molecule has 0 fully saturated rings. The van der Waals surface area contributed by atoms with Crippen LogP contribution in [-0.4, -0.2) is 31.3 Å². The predicted molar refractivity (Wildman–Crippen MR) is 67.8 cm³/mol. The van der Waals surface area contributed by atoms with E-state index in [4.69, 9.17) is 10.5 Å². The summed E-state index contributed by atoms with van der Waals surface area (Å²) in [5.74, 6) is 0.997. The lowest BCUT2D eigenvalue weighted by Crippen LogP contribution is -2.28. The number of hydrogen-bond acceptors (Lipinski definition) is 4. The number of hydrogen-bond donors (Lipinski definition) is 1. The summed E-state index contributed by atoms with van der Waals surface area (Å²) >= 11 is 0. The normalized spacial score (nSPS) is 10.4. The van der Waals surface area contributed by atoms with Crippen molar-refractivity contribution in [2.45, 2.75) is 20.8 Å². The molecule has 1 rings (SSSR count). The number of aryl methyl sites for hydroxylation is 1. The van der Waals surface area contributed by atoms with E-state index in [1.165, 1.54) is 0 Å². The van der Waals surface area contributed by atoms with Gasteiger partial charge in [-0.1, -0.05) is 0 Å². The molecule has 0 saturated heterocycles. The van der Waals surface area contributed by atoms with Crippen molar-refractivity contribution in [2.24, 2.45) is 0 Å². The number of likely N-dealkylation sites (N-methyl/N-ethyl adjacent to an activating group) is 1. The van der Waals surface area contributed by atoms with Gasteiger partial charge in [-0.2, -0.15) is 0 Å². The first kappa shape index (κ1) is 12.8. The van der Waals surface area contributed by atoms with Gasteiger partial charge in [-0.05, 0) is 32.4 Å². The molecule has 4 heteroatoms. The molecule has 16 heavy (non-hydrogen) atoms. The highest BCUT2D eigenvalue weighted by Crippen LogP contribution is 2.18. The Morgan fingerprint density at radius 2 is 2.19 bits per heavy atom. The topological polar surface area (TPSA) is 51.4 Å². The van der Waals surface area contributed by atoms with Gasteiger partial charge in [-0.25, -0.2) is 4.98 Å². The Morgan fingerprint density at radius 3 is 2.75 bits per heavy atom. The highest BCUT2D eigenvalue weighted by atomic mass is 16.5. The molecule has 90 valence electrons. The van der Waals surface area contributed by atoms with Crippen LogP contribution in [0, 0.1) is 6.92 Å². The summed E-state index contributed by atoms with van der Waals surface area (Å²) in [6.45, 7) is 9.42. The molecule has 0 aliphatic carbocycles. The van der Waals surface area contributed by atoms with Crippen molar-refractivity contribution in [2.75, 3.05) is 36.9 Å². The summed E-state index contributed by atoms with van der Waals surface area (Å²) in [5.41, 5.74) is 7.50. The molecular weight excluding hydrogens is 202 g/mol. The SMILES string of the molecule is CCOCCN(CC)c1ncc(N)cc1C. The van der Waals surface area contributed by atoms with E-state index in [2.05, 4.69) is 16.8 Å². The van der Waals surface area contributed by atoms with Gasteiger partial charge in [0, 0.05) is 19.7 Å². The van der Waals surface area contributed by atoms with Gasteiger partial charge in [-0.3, -0.25) is 0 Å². The Bertz CT molecular complexity index is 328. The van der Waals surface area contributed by atoms with E-state index >= 15 is 0 Å². The van der Waals surface area contributed by atoms with Gasteiger partial charge in [0.05, 0.1) is 18.5 Å². The van der Waals surface area contributed by atoms with Crippen LogP contribution in [0.15, 0.2) is 12.3 Å². The van der Waals surface area contributed by atoms with Crippen molar-refractivity contribution < 1.29 is 4.74 Å². The van der Waals surface area contributed by atoms with Crippen LogP contribution in [0.25, 0.3) is 0 Å². The Morgan fingerprint density at radius 1 is 1.44 bits per heavy atom. The van der Waals surface area contributed by atoms with E-state index < -0.39 is 0 Å². The van der Waals surface area contributed by atoms with Gasteiger partial charge < -0.3 is 15.4 Å². The van der Waals surface area contributed by atoms with Crippen LogP contribution in [0.3, 0.4) is 0 Å². The quantitative estimate of drug-likeness (QED) is 0.748. The van der Waals surface area contributed by atoms with Gasteiger partial charge in [0.2, 0.25) is 0 Å². The average molecular weight is 223 g/mol. The zero-order valence-electron chi connectivity index (χ0n) is 10.4. The van der Waals surface area contributed by atoms with Crippen LogP contribution in [0.5, 0.6) is 0 Å². The third kappa shape index (κ3) is 3.38. The van der Waals surface area contributed by atoms with Gasteiger partial charge in [0.1, 0.15) is 5.82 Å². The van der Waals surface area contributed by atoms with Crippen molar-refractivity contribution in [3.63, 3.8) is 0 Å². The Balaban J connectivity index is 2.70. The molecule has 4 nitrogen and oxygen atoms in total. The molecule has 0 atom stereocenters. The molecule has 0 spiro atoms. The molecule has 0 bridgehead atoms. The summed E-state index contributed by atoms with van der Waals surface area (Å²) in [5, 5.41) is 0. The number of pyridine rings is 1. The second-order valence-electron chi connectivity index (χ2n) is 3.69. The lowest BCUT2D eigenvalue weighted by molar-refractivity contribution is 0.154. The molecular formula is C12H21N3O. The first-order valence-electron chi connectivity index (χ1n) is 5.73. The minimum Gasteiger partial charge on any atom is -0.397 e. The largest absolute Gasteiger partial charge is 0.397 e. The third-order valence-electron chi connectivity index (χ3n) is 2.46. The minimum atomic E-state index is 0.710. The van der Waals surface area contributed by atoms with Crippen LogP contribution in [-0.2, 0) is 4.74 Å². The number of nitrogen functional groups attached to an aromatic ring is 1.